The Morgan fingerprint density at radius 3 is 2.11 bits per heavy atom. The van der Waals surface area contributed by atoms with Crippen molar-refractivity contribution in [3.05, 3.63) is 71.2 Å². The number of carbonyl (C=O) groups is 2. The topological polar surface area (TPSA) is 124 Å². The Hall–Kier alpha value is -4.16. The van der Waals surface area contributed by atoms with Crippen molar-refractivity contribution in [2.45, 2.75) is 57.1 Å². The minimum atomic E-state index is -4.46. The first-order chi connectivity index (χ1) is 21.7. The average Bonchev–Trinajstić information content (AvgIpc) is 3.02. The van der Waals surface area contributed by atoms with E-state index in [-0.39, 0.29) is 46.0 Å². The quantitative estimate of drug-likeness (QED) is 0.245. The molecule has 0 aliphatic rings. The third-order valence-corrected chi connectivity index (χ3v) is 8.99. The van der Waals surface area contributed by atoms with Crippen molar-refractivity contribution < 1.29 is 37.0 Å². The lowest BCUT2D eigenvalue weighted by atomic mass is 10.1. The lowest BCUT2D eigenvalue weighted by Crippen LogP contribution is -2.55. The highest BCUT2D eigenvalue weighted by atomic mass is 35.5. The molecule has 1 N–H and O–H groups in total. The average molecular weight is 676 g/mol. The van der Waals surface area contributed by atoms with Crippen LogP contribution in [-0.2, 0) is 26.2 Å². The molecule has 0 unspecified atom stereocenters. The van der Waals surface area contributed by atoms with Gasteiger partial charge in [0.25, 0.3) is 10.0 Å². The number of methoxy groups -OCH3 is 4. The van der Waals surface area contributed by atoms with Gasteiger partial charge in [-0.1, -0.05) is 30.7 Å². The monoisotopic (exact) mass is 675 g/mol. The van der Waals surface area contributed by atoms with Gasteiger partial charge in [-0.2, -0.15) is 0 Å². The van der Waals surface area contributed by atoms with Gasteiger partial charge in [-0.05, 0) is 75.2 Å². The van der Waals surface area contributed by atoms with Gasteiger partial charge < -0.3 is 29.2 Å². The summed E-state index contributed by atoms with van der Waals surface area (Å²) in [6.07, 6.45) is 0.264. The second-order valence-corrected chi connectivity index (χ2v) is 13.7. The first-order valence-electron chi connectivity index (χ1n) is 14.5. The Morgan fingerprint density at radius 1 is 0.870 bits per heavy atom. The zero-order chi connectivity index (χ0) is 34.2. The van der Waals surface area contributed by atoms with Gasteiger partial charge in [-0.3, -0.25) is 13.9 Å². The molecule has 0 aliphatic heterocycles. The first kappa shape index (κ1) is 36.3. The van der Waals surface area contributed by atoms with Gasteiger partial charge in [0.2, 0.25) is 11.8 Å². The minimum absolute atomic E-state index is 0.00301. The zero-order valence-corrected chi connectivity index (χ0v) is 29.0. The Labute approximate surface area is 276 Å². The molecule has 0 bridgehead atoms. The van der Waals surface area contributed by atoms with Crippen LogP contribution in [0.1, 0.15) is 39.7 Å². The Morgan fingerprint density at radius 2 is 1.52 bits per heavy atom. The largest absolute Gasteiger partial charge is 0.497 e. The number of nitrogens with one attached hydrogen (secondary N) is 1. The molecule has 0 saturated carbocycles. The summed E-state index contributed by atoms with van der Waals surface area (Å²) >= 11 is 6.34. The summed E-state index contributed by atoms with van der Waals surface area (Å²) < 4.78 is 51.3. The summed E-state index contributed by atoms with van der Waals surface area (Å²) in [6.45, 7) is 6.63. The maximum Gasteiger partial charge on any atom is 0.265 e. The highest BCUT2D eigenvalue weighted by molar-refractivity contribution is 7.92. The molecule has 0 radical (unpaired) electrons. The van der Waals surface area contributed by atoms with E-state index in [4.69, 9.17) is 30.5 Å². The normalized spacial score (nSPS) is 12.1. The molecule has 11 nitrogen and oxygen atoms in total. The maximum absolute atomic E-state index is 14.4. The third kappa shape index (κ3) is 8.76. The molecule has 3 aromatic carbocycles. The van der Waals surface area contributed by atoms with E-state index in [2.05, 4.69) is 5.32 Å². The fraction of sp³-hybridized carbons (Fsp3) is 0.394. The van der Waals surface area contributed by atoms with E-state index in [0.717, 1.165) is 4.31 Å². The van der Waals surface area contributed by atoms with E-state index >= 15 is 0 Å². The highest BCUT2D eigenvalue weighted by Gasteiger charge is 2.36. The summed E-state index contributed by atoms with van der Waals surface area (Å²) in [4.78, 5) is 29.2. The summed E-state index contributed by atoms with van der Waals surface area (Å²) in [6, 6.07) is 14.8. The number of benzene rings is 3. The van der Waals surface area contributed by atoms with Crippen LogP contribution in [0.4, 0.5) is 5.69 Å². The van der Waals surface area contributed by atoms with E-state index in [0.29, 0.717) is 17.1 Å². The highest BCUT2D eigenvalue weighted by Crippen LogP contribution is 2.37. The molecule has 250 valence electrons. The SMILES string of the molecule is CC[C@@H](C(=O)NC(C)(C)C)N(Cc1cccc(OC)c1)C(=O)CN(c1cc(Cl)ccc1OC)S(=O)(=O)c1ccc(OC)c(OC)c1. The van der Waals surface area contributed by atoms with Gasteiger partial charge in [0.1, 0.15) is 24.1 Å². The number of nitrogens with zero attached hydrogens (tertiary/aromatic N) is 2. The molecule has 3 aromatic rings. The molecule has 46 heavy (non-hydrogen) atoms. The fourth-order valence-corrected chi connectivity index (χ4v) is 6.41. The van der Waals surface area contributed by atoms with E-state index in [1.54, 1.807) is 37.3 Å². The van der Waals surface area contributed by atoms with Crippen LogP contribution in [0.5, 0.6) is 23.0 Å². The number of hydrogen-bond donors (Lipinski definition) is 1. The van der Waals surface area contributed by atoms with E-state index in [1.165, 1.54) is 63.7 Å². The molecule has 13 heteroatoms. The summed E-state index contributed by atoms with van der Waals surface area (Å²) in [7, 11) is 1.27. The van der Waals surface area contributed by atoms with Crippen LogP contribution in [0.15, 0.2) is 65.6 Å². The molecule has 0 heterocycles. The Balaban J connectivity index is 2.20. The number of anilines is 1. The van der Waals surface area contributed by atoms with Crippen LogP contribution in [0.2, 0.25) is 5.02 Å². The number of amides is 2. The van der Waals surface area contributed by atoms with Crippen LogP contribution in [-0.4, -0.2) is 71.7 Å². The molecule has 0 aliphatic carbocycles. The van der Waals surface area contributed by atoms with E-state index < -0.39 is 34.1 Å². The van der Waals surface area contributed by atoms with Crippen LogP contribution in [0.25, 0.3) is 0 Å². The van der Waals surface area contributed by atoms with Crippen molar-refractivity contribution in [3.8, 4) is 23.0 Å². The van der Waals surface area contributed by atoms with Gasteiger partial charge in [-0.25, -0.2) is 8.42 Å². The molecule has 0 aromatic heterocycles. The van der Waals surface area contributed by atoms with Crippen molar-refractivity contribution in [1.82, 2.24) is 10.2 Å². The van der Waals surface area contributed by atoms with Crippen molar-refractivity contribution in [2.75, 3.05) is 39.3 Å². The van der Waals surface area contributed by atoms with E-state index in [1.807, 2.05) is 20.8 Å². The molecule has 2 amide bonds. The predicted molar refractivity (Wildman–Crippen MR) is 178 cm³/mol. The van der Waals surface area contributed by atoms with Crippen LogP contribution in [0.3, 0.4) is 0 Å². The Bertz CT molecular complexity index is 1640. The standard InChI is InChI=1S/C33H42ClN3O8S/c1-9-26(32(39)35-33(2,3)4)36(20-22-11-10-12-24(17-22)42-5)31(38)21-37(27-18-23(34)13-15-28(27)43-6)46(40,41)25-14-16-29(44-7)30(19-25)45-8/h10-19,26H,9,20-21H2,1-8H3,(H,35,39)/t26-/m0/s1. The van der Waals surface area contributed by atoms with Gasteiger partial charge in [-0.15, -0.1) is 0 Å². The number of rotatable bonds is 14. The molecule has 0 saturated heterocycles. The number of carbonyl (C=O) groups excluding carboxylic acids is 2. The number of halogens is 1. The summed E-state index contributed by atoms with van der Waals surface area (Å²) in [5.74, 6) is 0.226. The fourth-order valence-electron chi connectivity index (χ4n) is 4.82. The lowest BCUT2D eigenvalue weighted by molar-refractivity contribution is -0.141. The molecule has 1 atom stereocenters. The molecule has 3 rings (SSSR count). The first-order valence-corrected chi connectivity index (χ1v) is 16.3. The second-order valence-electron chi connectivity index (χ2n) is 11.4. The van der Waals surface area contributed by atoms with Crippen molar-refractivity contribution in [1.29, 1.82) is 0 Å². The number of sulfonamides is 1. The van der Waals surface area contributed by atoms with Gasteiger partial charge in [0, 0.05) is 23.2 Å². The molecular formula is C33H42ClN3O8S. The van der Waals surface area contributed by atoms with Gasteiger partial charge in [0.05, 0.1) is 39.0 Å². The van der Waals surface area contributed by atoms with Crippen molar-refractivity contribution in [2.24, 2.45) is 0 Å². The number of hydrogen-bond acceptors (Lipinski definition) is 8. The Kier molecular flexibility index (Phi) is 12.2. The maximum atomic E-state index is 14.4. The lowest BCUT2D eigenvalue weighted by Gasteiger charge is -2.35. The second kappa shape index (κ2) is 15.4. The number of ether oxygens (including phenoxy) is 4. The smallest absolute Gasteiger partial charge is 0.265 e. The molecule has 0 fully saturated rings. The van der Waals surface area contributed by atoms with Gasteiger partial charge >= 0.3 is 0 Å². The van der Waals surface area contributed by atoms with E-state index in [9.17, 15) is 18.0 Å². The zero-order valence-electron chi connectivity index (χ0n) is 27.4. The summed E-state index contributed by atoms with van der Waals surface area (Å²) in [5, 5.41) is 3.17. The van der Waals surface area contributed by atoms with Crippen molar-refractivity contribution in [3.63, 3.8) is 0 Å². The van der Waals surface area contributed by atoms with Crippen molar-refractivity contribution >= 4 is 39.1 Å². The molecule has 0 spiro atoms. The van der Waals surface area contributed by atoms with Crippen LogP contribution < -0.4 is 28.6 Å². The molecular weight excluding hydrogens is 634 g/mol. The van der Waals surface area contributed by atoms with Crippen LogP contribution in [0, 0.1) is 0 Å². The van der Waals surface area contributed by atoms with Crippen LogP contribution >= 0.6 is 11.6 Å². The minimum Gasteiger partial charge on any atom is -0.497 e. The third-order valence-electron chi connectivity index (χ3n) is 7.00. The van der Waals surface area contributed by atoms with Gasteiger partial charge in [0.15, 0.2) is 11.5 Å². The summed E-state index contributed by atoms with van der Waals surface area (Å²) in [5.41, 5.74) is 0.141. The predicted octanol–water partition coefficient (Wildman–Crippen LogP) is 5.29.